The van der Waals surface area contributed by atoms with Gasteiger partial charge in [0.05, 0.1) is 11.5 Å². The van der Waals surface area contributed by atoms with Crippen molar-refractivity contribution >= 4 is 23.3 Å². The van der Waals surface area contributed by atoms with E-state index >= 15 is 0 Å². The Morgan fingerprint density at radius 2 is 1.70 bits per heavy atom. The van der Waals surface area contributed by atoms with Crippen LogP contribution in [-0.4, -0.2) is 39.6 Å². The average molecular weight is 457 g/mol. The SMILES string of the molecule is C=C(CCC(=O)O)[C@@H]1CC(=O)[C@]2(C)C3=C(C(=O)C[C@]12C)[C@]1(C)CCC(=O)C(C)(C)[C@@H]1C[C@@H]3O. The maximum absolute atomic E-state index is 13.9. The van der Waals surface area contributed by atoms with E-state index in [1.807, 2.05) is 34.6 Å². The summed E-state index contributed by atoms with van der Waals surface area (Å²) in [6.45, 7) is 13.8. The number of aliphatic hydroxyl groups is 1. The third-order valence-electron chi connectivity index (χ3n) is 10.2. The molecule has 0 spiro atoms. The third-order valence-corrected chi connectivity index (χ3v) is 10.2. The fraction of sp³-hybridized carbons (Fsp3) is 0.704. The van der Waals surface area contributed by atoms with E-state index in [0.717, 1.165) is 0 Å². The summed E-state index contributed by atoms with van der Waals surface area (Å²) in [5, 5.41) is 20.6. The van der Waals surface area contributed by atoms with Crippen LogP contribution < -0.4 is 0 Å². The largest absolute Gasteiger partial charge is 0.481 e. The lowest BCUT2D eigenvalue weighted by molar-refractivity contribution is -0.146. The third kappa shape index (κ3) is 2.95. The van der Waals surface area contributed by atoms with Gasteiger partial charge >= 0.3 is 5.97 Å². The molecule has 0 heterocycles. The molecule has 0 aromatic carbocycles. The van der Waals surface area contributed by atoms with Gasteiger partial charge in [0.2, 0.25) is 0 Å². The molecule has 0 radical (unpaired) electrons. The highest BCUT2D eigenvalue weighted by atomic mass is 16.4. The van der Waals surface area contributed by atoms with E-state index < -0.39 is 33.7 Å². The molecular formula is C27H36O6. The van der Waals surface area contributed by atoms with Crippen molar-refractivity contribution in [2.24, 2.45) is 33.5 Å². The first-order valence-electron chi connectivity index (χ1n) is 12.0. The number of aliphatic hydroxyl groups excluding tert-OH is 1. The minimum absolute atomic E-state index is 0.0151. The number of carbonyl (C=O) groups excluding carboxylic acids is 3. The van der Waals surface area contributed by atoms with Crippen LogP contribution in [0.25, 0.3) is 0 Å². The second-order valence-corrected chi connectivity index (χ2v) is 12.0. The Bertz CT molecular complexity index is 1020. The molecule has 0 unspecified atom stereocenters. The summed E-state index contributed by atoms with van der Waals surface area (Å²) in [4.78, 5) is 51.4. The second kappa shape index (κ2) is 7.21. The topological polar surface area (TPSA) is 109 Å². The molecule has 33 heavy (non-hydrogen) atoms. The predicted octanol–water partition coefficient (Wildman–Crippen LogP) is 4.05. The maximum Gasteiger partial charge on any atom is 0.303 e. The van der Waals surface area contributed by atoms with Crippen LogP contribution in [0.2, 0.25) is 0 Å². The van der Waals surface area contributed by atoms with Crippen LogP contribution in [0.1, 0.15) is 79.6 Å². The molecule has 0 aromatic rings. The fourth-order valence-electron chi connectivity index (χ4n) is 8.08. The molecule has 2 fully saturated rings. The summed E-state index contributed by atoms with van der Waals surface area (Å²) in [7, 11) is 0. The zero-order valence-electron chi connectivity index (χ0n) is 20.4. The lowest BCUT2D eigenvalue weighted by atomic mass is 9.42. The summed E-state index contributed by atoms with van der Waals surface area (Å²) in [6, 6.07) is 0. The summed E-state index contributed by atoms with van der Waals surface area (Å²) in [6.07, 6.45) is 0.878. The Morgan fingerprint density at radius 1 is 1.06 bits per heavy atom. The van der Waals surface area contributed by atoms with Crippen LogP contribution in [0.5, 0.6) is 0 Å². The molecule has 0 aromatic heterocycles. The number of allylic oxidation sites excluding steroid dienone is 2. The molecule has 4 rings (SSSR count). The molecule has 6 nitrogen and oxygen atoms in total. The number of aliphatic carboxylic acids is 1. The van der Waals surface area contributed by atoms with Crippen LogP contribution in [-0.2, 0) is 19.2 Å². The monoisotopic (exact) mass is 456 g/mol. The van der Waals surface area contributed by atoms with Crippen molar-refractivity contribution in [2.75, 3.05) is 0 Å². The van der Waals surface area contributed by atoms with Crippen molar-refractivity contribution in [1.29, 1.82) is 0 Å². The lowest BCUT2D eigenvalue weighted by Crippen LogP contribution is -2.59. The summed E-state index contributed by atoms with van der Waals surface area (Å²) >= 11 is 0. The molecule has 0 aliphatic heterocycles. The number of hydrogen-bond donors (Lipinski definition) is 2. The van der Waals surface area contributed by atoms with Gasteiger partial charge in [0.15, 0.2) is 5.78 Å². The Kier molecular flexibility index (Phi) is 5.25. The summed E-state index contributed by atoms with van der Waals surface area (Å²) in [5.74, 6) is -1.31. The van der Waals surface area contributed by atoms with Crippen LogP contribution in [0.3, 0.4) is 0 Å². The van der Waals surface area contributed by atoms with Crippen molar-refractivity contribution in [1.82, 2.24) is 0 Å². The fourth-order valence-corrected chi connectivity index (χ4v) is 8.08. The Hall–Kier alpha value is -2.08. The number of carbonyl (C=O) groups is 4. The van der Waals surface area contributed by atoms with Gasteiger partial charge in [-0.3, -0.25) is 19.2 Å². The van der Waals surface area contributed by atoms with E-state index in [2.05, 4.69) is 6.58 Å². The van der Waals surface area contributed by atoms with Crippen molar-refractivity contribution < 1.29 is 29.4 Å². The smallest absolute Gasteiger partial charge is 0.303 e. The molecule has 4 aliphatic carbocycles. The van der Waals surface area contributed by atoms with E-state index in [1.54, 1.807) is 0 Å². The van der Waals surface area contributed by atoms with Gasteiger partial charge in [0, 0.05) is 42.1 Å². The molecule has 0 amide bonds. The first kappa shape index (κ1) is 24.1. The van der Waals surface area contributed by atoms with Crippen LogP contribution in [0, 0.1) is 33.5 Å². The zero-order chi connectivity index (χ0) is 24.7. The van der Waals surface area contributed by atoms with Crippen LogP contribution in [0.15, 0.2) is 23.3 Å². The average Bonchev–Trinajstić information content (AvgIpc) is 2.92. The maximum atomic E-state index is 13.9. The molecule has 0 bridgehead atoms. The van der Waals surface area contributed by atoms with Crippen molar-refractivity contribution in [3.8, 4) is 0 Å². The predicted molar refractivity (Wildman–Crippen MR) is 122 cm³/mol. The Balaban J connectivity index is 1.86. The number of Topliss-reactive ketones (excluding diaryl/α,β-unsaturated/α-hetero) is 3. The van der Waals surface area contributed by atoms with Crippen LogP contribution >= 0.6 is 0 Å². The lowest BCUT2D eigenvalue weighted by Gasteiger charge is -2.60. The van der Waals surface area contributed by atoms with Gasteiger partial charge in [-0.2, -0.15) is 0 Å². The van der Waals surface area contributed by atoms with Gasteiger partial charge in [0.25, 0.3) is 0 Å². The highest BCUT2D eigenvalue weighted by molar-refractivity contribution is 6.05. The first-order valence-corrected chi connectivity index (χ1v) is 12.0. The van der Waals surface area contributed by atoms with Gasteiger partial charge in [-0.25, -0.2) is 0 Å². The summed E-state index contributed by atoms with van der Waals surface area (Å²) in [5.41, 5.74) is -1.17. The molecule has 2 saturated carbocycles. The molecule has 0 saturated heterocycles. The molecule has 180 valence electrons. The van der Waals surface area contributed by atoms with Gasteiger partial charge in [-0.1, -0.05) is 39.8 Å². The van der Waals surface area contributed by atoms with Gasteiger partial charge < -0.3 is 10.2 Å². The number of carboxylic acids is 1. The Labute approximate surface area is 195 Å². The zero-order valence-corrected chi connectivity index (χ0v) is 20.4. The molecular weight excluding hydrogens is 420 g/mol. The Morgan fingerprint density at radius 3 is 2.30 bits per heavy atom. The van der Waals surface area contributed by atoms with E-state index in [9.17, 15) is 24.3 Å². The van der Waals surface area contributed by atoms with E-state index in [4.69, 9.17) is 5.11 Å². The van der Waals surface area contributed by atoms with Crippen molar-refractivity contribution in [3.63, 3.8) is 0 Å². The number of carboxylic acid groups (broad SMARTS) is 1. The van der Waals surface area contributed by atoms with Crippen LogP contribution in [0.4, 0.5) is 0 Å². The van der Waals surface area contributed by atoms with Gasteiger partial charge in [-0.05, 0) is 49.0 Å². The highest BCUT2D eigenvalue weighted by Crippen LogP contribution is 2.70. The number of ketones is 3. The highest BCUT2D eigenvalue weighted by Gasteiger charge is 2.70. The standard InChI is InChI=1S/C27H36O6/c1-14(7-8-21(32)33)15-11-20(31)27(6)23-16(28)12-18-24(2,3)19(30)9-10-25(18,4)22(23)17(29)13-26(15,27)5/h15-16,18,28H,1,7-13H2,2-6H3,(H,32,33)/t15-,16-,18-,25+,26+,27+/m0/s1. The number of hydrogen-bond acceptors (Lipinski definition) is 5. The number of fused-ring (bicyclic) bond motifs is 4. The molecule has 6 atom stereocenters. The number of rotatable bonds is 4. The molecule has 2 N–H and O–H groups in total. The van der Waals surface area contributed by atoms with Crippen molar-refractivity contribution in [3.05, 3.63) is 23.3 Å². The second-order valence-electron chi connectivity index (χ2n) is 12.0. The van der Waals surface area contributed by atoms with Gasteiger partial charge in [0.1, 0.15) is 11.6 Å². The normalized spacial score (nSPS) is 42.0. The van der Waals surface area contributed by atoms with E-state index in [0.29, 0.717) is 36.0 Å². The van der Waals surface area contributed by atoms with E-state index in [1.165, 1.54) is 0 Å². The quantitative estimate of drug-likeness (QED) is 0.618. The summed E-state index contributed by atoms with van der Waals surface area (Å²) < 4.78 is 0. The minimum Gasteiger partial charge on any atom is -0.481 e. The van der Waals surface area contributed by atoms with Gasteiger partial charge in [-0.15, -0.1) is 0 Å². The molecule has 6 heteroatoms. The van der Waals surface area contributed by atoms with E-state index in [-0.39, 0.29) is 54.9 Å². The first-order chi connectivity index (χ1) is 15.1. The van der Waals surface area contributed by atoms with Crippen molar-refractivity contribution in [2.45, 2.75) is 85.7 Å². The minimum atomic E-state index is -1.02. The molecule has 4 aliphatic rings.